The first-order valence-corrected chi connectivity index (χ1v) is 12.2. The maximum Gasteiger partial charge on any atom is 0.211 e. The van der Waals surface area contributed by atoms with Crippen molar-refractivity contribution in [2.45, 2.75) is 18.9 Å². The predicted octanol–water partition coefficient (Wildman–Crippen LogP) is 1.91. The highest BCUT2D eigenvalue weighted by atomic mass is 32.2. The second kappa shape index (κ2) is 8.08. The van der Waals surface area contributed by atoms with Crippen LogP contribution < -0.4 is 0 Å². The van der Waals surface area contributed by atoms with Gasteiger partial charge in [-0.3, -0.25) is 0 Å². The second-order valence-electron chi connectivity index (χ2n) is 8.03. The molecule has 0 aromatic carbocycles. The number of hydrogen-bond acceptors (Lipinski definition) is 7. The van der Waals surface area contributed by atoms with Crippen molar-refractivity contribution >= 4 is 21.2 Å². The number of fused-ring (bicyclic) bond motifs is 1. The molecule has 1 aliphatic heterocycles. The molecule has 0 radical (unpaired) electrons. The van der Waals surface area contributed by atoms with Gasteiger partial charge in [0.1, 0.15) is 5.52 Å². The zero-order valence-corrected chi connectivity index (χ0v) is 18.3. The first kappa shape index (κ1) is 20.7. The molecule has 0 bridgehead atoms. The van der Waals surface area contributed by atoms with Crippen molar-refractivity contribution in [3.05, 3.63) is 54.9 Å². The Morgan fingerprint density at radius 1 is 1.12 bits per heavy atom. The monoisotopic (exact) mass is 453 g/mol. The van der Waals surface area contributed by atoms with Gasteiger partial charge in [-0.25, -0.2) is 32.4 Å². The van der Waals surface area contributed by atoms with Gasteiger partial charge in [0.15, 0.2) is 11.5 Å². The van der Waals surface area contributed by atoms with Gasteiger partial charge in [0.2, 0.25) is 10.0 Å². The van der Waals surface area contributed by atoms with E-state index < -0.39 is 16.1 Å². The molecule has 1 atom stereocenters. The summed E-state index contributed by atoms with van der Waals surface area (Å²) < 4.78 is 26.5. The smallest absolute Gasteiger partial charge is 0.211 e. The van der Waals surface area contributed by atoms with E-state index in [-0.39, 0.29) is 5.92 Å². The fourth-order valence-electron chi connectivity index (χ4n) is 4.17. The highest BCUT2D eigenvalue weighted by Gasteiger charge is 2.29. The quantitative estimate of drug-likeness (QED) is 0.472. The van der Waals surface area contributed by atoms with Crippen LogP contribution in [-0.4, -0.2) is 66.9 Å². The van der Waals surface area contributed by atoms with E-state index in [0.717, 1.165) is 16.6 Å². The molecule has 166 valence electrons. The van der Waals surface area contributed by atoms with E-state index in [1.54, 1.807) is 29.6 Å². The average Bonchev–Trinajstić information content (AvgIpc) is 3.48. The SMILES string of the molecule is CS(=O)(=O)N1CCC(C(O)c2ccc(-n3cc(-c4ccnc5[nH]cnc45)cn3)nc2)CC1. The molecule has 10 nitrogen and oxygen atoms in total. The van der Waals surface area contributed by atoms with Gasteiger partial charge in [-0.1, -0.05) is 6.07 Å². The second-order valence-corrected chi connectivity index (χ2v) is 10.0. The van der Waals surface area contributed by atoms with Gasteiger partial charge in [0, 0.05) is 42.8 Å². The molecule has 4 aromatic rings. The van der Waals surface area contributed by atoms with Crippen LogP contribution in [0.5, 0.6) is 0 Å². The van der Waals surface area contributed by atoms with Crippen LogP contribution in [0, 0.1) is 5.92 Å². The van der Waals surface area contributed by atoms with Crippen molar-refractivity contribution < 1.29 is 13.5 Å². The number of sulfonamides is 1. The lowest BCUT2D eigenvalue weighted by atomic mass is 9.89. The van der Waals surface area contributed by atoms with Crippen LogP contribution in [0.4, 0.5) is 0 Å². The number of aliphatic hydroxyl groups is 1. The third-order valence-electron chi connectivity index (χ3n) is 5.97. The third kappa shape index (κ3) is 3.90. The van der Waals surface area contributed by atoms with Gasteiger partial charge < -0.3 is 10.1 Å². The molecule has 32 heavy (non-hydrogen) atoms. The summed E-state index contributed by atoms with van der Waals surface area (Å²) >= 11 is 0. The van der Waals surface area contributed by atoms with Gasteiger partial charge in [-0.05, 0) is 36.5 Å². The van der Waals surface area contributed by atoms with E-state index in [1.165, 1.54) is 10.6 Å². The van der Waals surface area contributed by atoms with Crippen molar-refractivity contribution in [3.8, 4) is 16.9 Å². The number of nitrogens with one attached hydrogen (secondary N) is 1. The first-order valence-electron chi connectivity index (χ1n) is 10.3. The van der Waals surface area contributed by atoms with Crippen molar-refractivity contribution in [2.24, 2.45) is 5.92 Å². The number of nitrogens with zero attached hydrogens (tertiary/aromatic N) is 6. The summed E-state index contributed by atoms with van der Waals surface area (Å²) in [7, 11) is -3.18. The zero-order chi connectivity index (χ0) is 22.3. The van der Waals surface area contributed by atoms with E-state index in [4.69, 9.17) is 0 Å². The molecular weight excluding hydrogens is 430 g/mol. The summed E-state index contributed by atoms with van der Waals surface area (Å²) in [5, 5.41) is 15.2. The van der Waals surface area contributed by atoms with Crippen LogP contribution in [0.2, 0.25) is 0 Å². The molecule has 0 saturated carbocycles. The summed E-state index contributed by atoms with van der Waals surface area (Å²) in [6.07, 6.45) is 10.4. The van der Waals surface area contributed by atoms with Crippen LogP contribution in [0.25, 0.3) is 28.1 Å². The molecule has 0 spiro atoms. The minimum atomic E-state index is -3.18. The Hall–Kier alpha value is -3.15. The predicted molar refractivity (Wildman–Crippen MR) is 118 cm³/mol. The van der Waals surface area contributed by atoms with Crippen LogP contribution in [0.3, 0.4) is 0 Å². The fraction of sp³-hybridized carbons (Fsp3) is 0.333. The highest BCUT2D eigenvalue weighted by molar-refractivity contribution is 7.88. The van der Waals surface area contributed by atoms with Gasteiger partial charge in [0.25, 0.3) is 0 Å². The molecule has 2 N–H and O–H groups in total. The fourth-order valence-corrected chi connectivity index (χ4v) is 5.05. The average molecular weight is 454 g/mol. The molecule has 5 rings (SSSR count). The first-order chi connectivity index (χ1) is 15.4. The molecule has 1 aliphatic rings. The minimum Gasteiger partial charge on any atom is -0.388 e. The van der Waals surface area contributed by atoms with Gasteiger partial charge in [-0.15, -0.1) is 0 Å². The number of rotatable bonds is 5. The Labute approximate surface area is 185 Å². The summed E-state index contributed by atoms with van der Waals surface area (Å²) in [6.45, 7) is 0.862. The van der Waals surface area contributed by atoms with E-state index in [9.17, 15) is 13.5 Å². The van der Waals surface area contributed by atoms with E-state index in [2.05, 4.69) is 25.0 Å². The maximum absolute atomic E-state index is 11.7. The zero-order valence-electron chi connectivity index (χ0n) is 17.5. The maximum atomic E-state index is 11.7. The normalized spacial score (nSPS) is 17.1. The van der Waals surface area contributed by atoms with Crippen molar-refractivity contribution in [3.63, 3.8) is 0 Å². The third-order valence-corrected chi connectivity index (χ3v) is 7.28. The Bertz CT molecular complexity index is 1340. The number of pyridine rings is 2. The molecule has 1 fully saturated rings. The molecular formula is C21H23N7O3S. The molecule has 11 heteroatoms. The topological polar surface area (TPSA) is 130 Å². The number of aromatic nitrogens is 6. The molecule has 1 unspecified atom stereocenters. The Morgan fingerprint density at radius 2 is 1.94 bits per heavy atom. The van der Waals surface area contributed by atoms with Gasteiger partial charge >= 0.3 is 0 Å². The van der Waals surface area contributed by atoms with Crippen LogP contribution in [-0.2, 0) is 10.0 Å². The largest absolute Gasteiger partial charge is 0.388 e. The van der Waals surface area contributed by atoms with Gasteiger partial charge in [-0.2, -0.15) is 5.10 Å². The number of aromatic amines is 1. The van der Waals surface area contributed by atoms with Gasteiger partial charge in [0.05, 0.1) is 24.9 Å². The lowest BCUT2D eigenvalue weighted by Crippen LogP contribution is -2.39. The summed E-state index contributed by atoms with van der Waals surface area (Å²) in [4.78, 5) is 16.1. The van der Waals surface area contributed by atoms with Crippen molar-refractivity contribution in [1.29, 1.82) is 0 Å². The van der Waals surface area contributed by atoms with E-state index >= 15 is 0 Å². The summed E-state index contributed by atoms with van der Waals surface area (Å²) in [5.41, 5.74) is 4.03. The lowest BCUT2D eigenvalue weighted by molar-refractivity contribution is 0.0759. The highest BCUT2D eigenvalue weighted by Crippen LogP contribution is 2.31. The standard InChI is InChI=1S/C21H23N7O3S/c1-32(30,31)27-8-5-14(6-9-27)20(29)15-2-3-18(23-10-15)28-12-16(11-26-28)17-4-7-22-21-19(17)24-13-25-21/h2-4,7,10-14,20,29H,5-6,8-9H2,1H3,(H,22,24,25). The van der Waals surface area contributed by atoms with Crippen LogP contribution in [0.1, 0.15) is 24.5 Å². The van der Waals surface area contributed by atoms with Crippen molar-refractivity contribution in [2.75, 3.05) is 19.3 Å². The molecule has 0 aliphatic carbocycles. The lowest BCUT2D eigenvalue weighted by Gasteiger charge is -2.32. The summed E-state index contributed by atoms with van der Waals surface area (Å²) in [5.74, 6) is 0.631. The van der Waals surface area contributed by atoms with E-state index in [0.29, 0.717) is 43.0 Å². The number of H-pyrrole nitrogens is 1. The molecule has 5 heterocycles. The number of imidazole rings is 1. The Kier molecular flexibility index (Phi) is 5.24. The molecule has 4 aromatic heterocycles. The van der Waals surface area contributed by atoms with E-state index in [1.807, 2.05) is 24.4 Å². The Morgan fingerprint density at radius 3 is 2.66 bits per heavy atom. The van der Waals surface area contributed by atoms with Crippen LogP contribution in [0.15, 0.2) is 49.3 Å². The number of piperidine rings is 1. The minimum absolute atomic E-state index is 0.0000877. The summed E-state index contributed by atoms with van der Waals surface area (Å²) in [6, 6.07) is 5.56. The van der Waals surface area contributed by atoms with Crippen LogP contribution >= 0.6 is 0 Å². The number of hydrogen-bond donors (Lipinski definition) is 2. The Balaban J connectivity index is 1.31. The molecule has 1 saturated heterocycles. The molecule has 0 amide bonds. The number of aliphatic hydroxyl groups excluding tert-OH is 1. The van der Waals surface area contributed by atoms with Crippen molar-refractivity contribution in [1.82, 2.24) is 34.0 Å².